The molecular weight excluding hydrogens is 332 g/mol. The predicted molar refractivity (Wildman–Crippen MR) is 92.3 cm³/mol. The summed E-state index contributed by atoms with van der Waals surface area (Å²) in [5.41, 5.74) is 0.525. The van der Waals surface area contributed by atoms with Crippen LogP contribution in [0.15, 0.2) is 18.2 Å². The van der Waals surface area contributed by atoms with Crippen molar-refractivity contribution < 1.29 is 19.5 Å². The number of hydrogen-bond acceptors (Lipinski definition) is 3. The lowest BCUT2D eigenvalue weighted by Gasteiger charge is -2.22. The molecule has 24 heavy (non-hydrogen) atoms. The van der Waals surface area contributed by atoms with Gasteiger partial charge in [-0.05, 0) is 30.0 Å². The summed E-state index contributed by atoms with van der Waals surface area (Å²) in [5, 5.41) is 12.0. The van der Waals surface area contributed by atoms with Gasteiger partial charge in [-0.3, -0.25) is 14.4 Å². The highest BCUT2D eigenvalue weighted by atomic mass is 35.5. The van der Waals surface area contributed by atoms with E-state index in [-0.39, 0.29) is 24.7 Å². The number of nitrogens with zero attached hydrogens (tertiary/aromatic N) is 1. The monoisotopic (exact) mass is 352 g/mol. The molecule has 0 atom stereocenters. The summed E-state index contributed by atoms with van der Waals surface area (Å²) < 4.78 is 0. The quantitative estimate of drug-likeness (QED) is 0.822. The molecule has 0 aromatic heterocycles. The van der Waals surface area contributed by atoms with E-state index < -0.39 is 11.4 Å². The Hall–Kier alpha value is -2.08. The van der Waals surface area contributed by atoms with Gasteiger partial charge in [0.15, 0.2) is 0 Å². The number of amides is 2. The summed E-state index contributed by atoms with van der Waals surface area (Å²) in [6.07, 6.45) is 1.33. The summed E-state index contributed by atoms with van der Waals surface area (Å²) >= 11 is 6.24. The molecule has 7 heteroatoms. The summed E-state index contributed by atoms with van der Waals surface area (Å²) in [5.74, 6) is -1.16. The van der Waals surface area contributed by atoms with E-state index in [1.54, 1.807) is 36.9 Å². The zero-order valence-corrected chi connectivity index (χ0v) is 14.5. The van der Waals surface area contributed by atoms with Crippen molar-refractivity contribution in [3.05, 3.63) is 23.2 Å². The summed E-state index contributed by atoms with van der Waals surface area (Å²) in [7, 11) is 0. The van der Waals surface area contributed by atoms with Crippen molar-refractivity contribution >= 4 is 40.8 Å². The lowest BCUT2D eigenvalue weighted by atomic mass is 9.85. The van der Waals surface area contributed by atoms with Crippen molar-refractivity contribution in [2.75, 3.05) is 16.8 Å². The molecule has 2 amide bonds. The molecule has 1 heterocycles. The molecule has 1 aromatic carbocycles. The van der Waals surface area contributed by atoms with Crippen LogP contribution in [0, 0.1) is 5.41 Å². The van der Waals surface area contributed by atoms with Crippen molar-refractivity contribution in [2.24, 2.45) is 5.41 Å². The number of carboxylic acid groups (broad SMARTS) is 1. The van der Waals surface area contributed by atoms with E-state index in [1.165, 1.54) is 0 Å². The first-order valence-corrected chi connectivity index (χ1v) is 8.17. The topological polar surface area (TPSA) is 86.7 Å². The number of carbonyl (C=O) groups excluding carboxylic acids is 2. The molecular formula is C17H21ClN2O4. The van der Waals surface area contributed by atoms with Gasteiger partial charge in [0.05, 0.1) is 17.1 Å². The predicted octanol–water partition coefficient (Wildman–Crippen LogP) is 3.30. The molecule has 1 saturated heterocycles. The number of nitrogens with one attached hydrogen (secondary N) is 1. The van der Waals surface area contributed by atoms with Gasteiger partial charge in [0.1, 0.15) is 0 Å². The lowest BCUT2D eigenvalue weighted by Crippen LogP contribution is -2.25. The molecule has 2 rings (SSSR count). The maximum atomic E-state index is 12.1. The number of carbonyl (C=O) groups is 3. The average Bonchev–Trinajstić information content (AvgIpc) is 2.82. The Morgan fingerprint density at radius 3 is 2.58 bits per heavy atom. The molecule has 1 aliphatic heterocycles. The standard InChI is InChI=1S/C17H21ClN2O4/c1-17(2,10-16(23)24)9-14(21)19-11-5-6-13(12(18)8-11)20-7-3-4-15(20)22/h5-6,8H,3-4,7,9-10H2,1-2H3,(H,19,21)(H,23,24). The Bertz CT molecular complexity index is 673. The maximum Gasteiger partial charge on any atom is 0.303 e. The number of rotatable bonds is 6. The Morgan fingerprint density at radius 2 is 2.04 bits per heavy atom. The first kappa shape index (κ1) is 18.3. The van der Waals surface area contributed by atoms with E-state index in [1.807, 2.05) is 0 Å². The van der Waals surface area contributed by atoms with Crippen molar-refractivity contribution in [1.29, 1.82) is 0 Å². The normalized spacial score (nSPS) is 14.8. The van der Waals surface area contributed by atoms with Crippen LogP contribution in [0.4, 0.5) is 11.4 Å². The molecule has 1 aromatic rings. The Morgan fingerprint density at radius 1 is 1.33 bits per heavy atom. The highest BCUT2D eigenvalue weighted by Gasteiger charge is 2.26. The number of benzene rings is 1. The molecule has 1 fully saturated rings. The fourth-order valence-corrected chi connectivity index (χ4v) is 3.10. The zero-order chi connectivity index (χ0) is 17.9. The molecule has 0 radical (unpaired) electrons. The Balaban J connectivity index is 2.03. The van der Waals surface area contributed by atoms with Gasteiger partial charge in [0.2, 0.25) is 11.8 Å². The summed E-state index contributed by atoms with van der Waals surface area (Å²) in [4.78, 5) is 36.3. The Labute approximate surface area is 145 Å². The number of hydrogen-bond donors (Lipinski definition) is 2. The van der Waals surface area contributed by atoms with Gasteiger partial charge in [-0.15, -0.1) is 0 Å². The highest BCUT2D eigenvalue weighted by molar-refractivity contribution is 6.34. The molecule has 0 unspecified atom stereocenters. The van der Waals surface area contributed by atoms with Crippen LogP contribution in [0.2, 0.25) is 5.02 Å². The largest absolute Gasteiger partial charge is 0.481 e. The smallest absolute Gasteiger partial charge is 0.303 e. The SMILES string of the molecule is CC(C)(CC(=O)O)CC(=O)Nc1ccc(N2CCCC2=O)c(Cl)c1. The van der Waals surface area contributed by atoms with Gasteiger partial charge in [-0.1, -0.05) is 25.4 Å². The fraction of sp³-hybridized carbons (Fsp3) is 0.471. The van der Waals surface area contributed by atoms with Crippen LogP contribution in [0.1, 0.15) is 39.5 Å². The lowest BCUT2D eigenvalue weighted by molar-refractivity contribution is -0.139. The van der Waals surface area contributed by atoms with Gasteiger partial charge in [-0.2, -0.15) is 0 Å². The summed E-state index contributed by atoms with van der Waals surface area (Å²) in [6.45, 7) is 4.11. The number of aliphatic carboxylic acids is 1. The minimum atomic E-state index is -0.935. The molecule has 6 nitrogen and oxygen atoms in total. The van der Waals surface area contributed by atoms with Gasteiger partial charge >= 0.3 is 5.97 Å². The second kappa shape index (κ2) is 7.21. The second-order valence-corrected chi connectivity index (χ2v) is 7.18. The fourth-order valence-electron chi connectivity index (χ4n) is 2.82. The number of halogens is 1. The van der Waals surface area contributed by atoms with Gasteiger partial charge < -0.3 is 15.3 Å². The number of carboxylic acids is 1. The van der Waals surface area contributed by atoms with Crippen LogP contribution in [0.3, 0.4) is 0 Å². The number of anilines is 2. The van der Waals surface area contributed by atoms with Crippen LogP contribution in [-0.2, 0) is 14.4 Å². The van der Waals surface area contributed by atoms with Gasteiger partial charge in [-0.25, -0.2) is 0 Å². The van der Waals surface area contributed by atoms with Crippen LogP contribution in [0.5, 0.6) is 0 Å². The molecule has 0 bridgehead atoms. The Kier molecular flexibility index (Phi) is 5.49. The van der Waals surface area contributed by atoms with E-state index in [0.717, 1.165) is 6.42 Å². The third-order valence-corrected chi connectivity index (χ3v) is 4.17. The van der Waals surface area contributed by atoms with E-state index >= 15 is 0 Å². The highest BCUT2D eigenvalue weighted by Crippen LogP contribution is 2.32. The minimum Gasteiger partial charge on any atom is -0.481 e. The van der Waals surface area contributed by atoms with Crippen LogP contribution in [0.25, 0.3) is 0 Å². The zero-order valence-electron chi connectivity index (χ0n) is 13.8. The van der Waals surface area contributed by atoms with Crippen LogP contribution >= 0.6 is 11.6 Å². The molecule has 0 spiro atoms. The first-order valence-electron chi connectivity index (χ1n) is 7.79. The van der Waals surface area contributed by atoms with Crippen molar-refractivity contribution in [2.45, 2.75) is 39.5 Å². The summed E-state index contributed by atoms with van der Waals surface area (Å²) in [6, 6.07) is 5.00. The molecule has 1 aliphatic rings. The first-order chi connectivity index (χ1) is 11.2. The van der Waals surface area contributed by atoms with E-state index in [9.17, 15) is 14.4 Å². The molecule has 0 aliphatic carbocycles. The second-order valence-electron chi connectivity index (χ2n) is 6.77. The molecule has 2 N–H and O–H groups in total. The maximum absolute atomic E-state index is 12.1. The van der Waals surface area contributed by atoms with E-state index in [0.29, 0.717) is 29.4 Å². The van der Waals surface area contributed by atoms with Crippen molar-refractivity contribution in [1.82, 2.24) is 0 Å². The average molecular weight is 353 g/mol. The van der Waals surface area contributed by atoms with Gasteiger partial charge in [0, 0.05) is 25.1 Å². The molecule has 0 saturated carbocycles. The minimum absolute atomic E-state index is 0.0455. The third-order valence-electron chi connectivity index (χ3n) is 3.86. The van der Waals surface area contributed by atoms with E-state index in [4.69, 9.17) is 16.7 Å². The van der Waals surface area contributed by atoms with E-state index in [2.05, 4.69) is 5.32 Å². The van der Waals surface area contributed by atoms with Gasteiger partial charge in [0.25, 0.3) is 0 Å². The van der Waals surface area contributed by atoms with Crippen LogP contribution in [-0.4, -0.2) is 29.4 Å². The van der Waals surface area contributed by atoms with Crippen molar-refractivity contribution in [3.63, 3.8) is 0 Å². The van der Waals surface area contributed by atoms with Crippen LogP contribution < -0.4 is 10.2 Å². The van der Waals surface area contributed by atoms with Crippen molar-refractivity contribution in [3.8, 4) is 0 Å². The third kappa shape index (κ3) is 4.71. The molecule has 130 valence electrons.